The van der Waals surface area contributed by atoms with Crippen LogP contribution in [0.2, 0.25) is 0 Å². The zero-order valence-electron chi connectivity index (χ0n) is 11.9. The average molecular weight is 293 g/mol. The molecule has 7 heteroatoms. The Morgan fingerprint density at radius 3 is 3.00 bits per heavy atom. The van der Waals surface area contributed by atoms with E-state index in [1.54, 1.807) is 17.0 Å². The summed E-state index contributed by atoms with van der Waals surface area (Å²) in [5.41, 5.74) is 0.385. The van der Waals surface area contributed by atoms with Crippen LogP contribution >= 0.6 is 0 Å². The number of non-ortho nitro benzene ring substituents is 1. The van der Waals surface area contributed by atoms with Gasteiger partial charge in [-0.25, -0.2) is 4.79 Å². The van der Waals surface area contributed by atoms with E-state index in [9.17, 15) is 14.9 Å². The molecular weight excluding hydrogens is 274 g/mol. The third-order valence-corrected chi connectivity index (χ3v) is 3.48. The number of anilines is 1. The lowest BCUT2D eigenvalue weighted by atomic mass is 10.1. The molecule has 0 radical (unpaired) electrons. The molecule has 1 aromatic rings. The first-order chi connectivity index (χ1) is 10.1. The maximum atomic E-state index is 12.2. The first-order valence-electron chi connectivity index (χ1n) is 6.98. The number of nitro benzene ring substituents is 1. The first kappa shape index (κ1) is 15.2. The Labute approximate surface area is 123 Å². The van der Waals surface area contributed by atoms with Crippen molar-refractivity contribution in [1.29, 1.82) is 0 Å². The van der Waals surface area contributed by atoms with Gasteiger partial charge in [0.05, 0.1) is 11.5 Å². The summed E-state index contributed by atoms with van der Waals surface area (Å²) in [5, 5.41) is 13.4. The molecule has 1 N–H and O–H groups in total. The minimum absolute atomic E-state index is 0.0416. The summed E-state index contributed by atoms with van der Waals surface area (Å²) >= 11 is 0. The molecule has 0 aromatic heterocycles. The fourth-order valence-electron chi connectivity index (χ4n) is 2.29. The summed E-state index contributed by atoms with van der Waals surface area (Å²) in [7, 11) is 0. The van der Waals surface area contributed by atoms with Crippen LogP contribution in [0, 0.1) is 16.0 Å². The number of carbonyl (C=O) groups excluding carboxylic acids is 1. The molecule has 0 unspecified atom stereocenters. The number of hydrogen-bond donors (Lipinski definition) is 1. The van der Waals surface area contributed by atoms with E-state index in [2.05, 4.69) is 5.32 Å². The summed E-state index contributed by atoms with van der Waals surface area (Å²) < 4.78 is 5.31. The summed E-state index contributed by atoms with van der Waals surface area (Å²) in [5.74, 6) is 0.362. The molecular formula is C14H19N3O4. The van der Waals surface area contributed by atoms with Gasteiger partial charge in [-0.2, -0.15) is 0 Å². The minimum atomic E-state index is -0.483. The highest BCUT2D eigenvalue weighted by molar-refractivity contribution is 5.89. The number of nitrogens with one attached hydrogen (secondary N) is 1. The van der Waals surface area contributed by atoms with E-state index in [0.29, 0.717) is 31.3 Å². The van der Waals surface area contributed by atoms with E-state index < -0.39 is 4.92 Å². The molecule has 1 heterocycles. The number of nitrogens with zero attached hydrogens (tertiary/aromatic N) is 2. The molecule has 1 aromatic carbocycles. The van der Waals surface area contributed by atoms with Crippen LogP contribution in [0.3, 0.4) is 0 Å². The van der Waals surface area contributed by atoms with Crippen LogP contribution in [0.25, 0.3) is 0 Å². The smallest absolute Gasteiger partial charge is 0.321 e. The van der Waals surface area contributed by atoms with Gasteiger partial charge in [-0.15, -0.1) is 0 Å². The van der Waals surface area contributed by atoms with E-state index in [-0.39, 0.29) is 11.7 Å². The largest absolute Gasteiger partial charge is 0.381 e. The van der Waals surface area contributed by atoms with Crippen molar-refractivity contribution in [3.8, 4) is 0 Å². The van der Waals surface area contributed by atoms with Gasteiger partial charge in [-0.05, 0) is 19.4 Å². The van der Waals surface area contributed by atoms with Crippen molar-refractivity contribution in [3.05, 3.63) is 34.4 Å². The maximum Gasteiger partial charge on any atom is 0.321 e. The van der Waals surface area contributed by atoms with Crippen molar-refractivity contribution < 1.29 is 14.5 Å². The van der Waals surface area contributed by atoms with Gasteiger partial charge in [0, 0.05) is 43.4 Å². The molecule has 7 nitrogen and oxygen atoms in total. The van der Waals surface area contributed by atoms with Crippen LogP contribution < -0.4 is 5.32 Å². The van der Waals surface area contributed by atoms with Crippen LogP contribution in [0.1, 0.15) is 13.3 Å². The van der Waals surface area contributed by atoms with E-state index in [0.717, 1.165) is 13.0 Å². The summed E-state index contributed by atoms with van der Waals surface area (Å²) in [6, 6.07) is 5.68. The van der Waals surface area contributed by atoms with Crippen molar-refractivity contribution in [3.63, 3.8) is 0 Å². The summed E-state index contributed by atoms with van der Waals surface area (Å²) in [6.45, 7) is 4.55. The average Bonchev–Trinajstić information content (AvgIpc) is 2.97. The lowest BCUT2D eigenvalue weighted by molar-refractivity contribution is -0.384. The summed E-state index contributed by atoms with van der Waals surface area (Å²) in [6.07, 6.45) is 0.959. The van der Waals surface area contributed by atoms with Crippen LogP contribution in [-0.4, -0.2) is 42.2 Å². The molecule has 2 rings (SSSR count). The Hall–Kier alpha value is -2.15. The molecule has 1 aliphatic rings. The third kappa shape index (κ3) is 4.16. The molecule has 0 bridgehead atoms. The highest BCUT2D eigenvalue weighted by atomic mass is 16.6. The predicted molar refractivity (Wildman–Crippen MR) is 78.3 cm³/mol. The van der Waals surface area contributed by atoms with Crippen molar-refractivity contribution in [2.24, 2.45) is 5.92 Å². The molecule has 1 saturated heterocycles. The lowest BCUT2D eigenvalue weighted by Crippen LogP contribution is -2.38. The molecule has 0 spiro atoms. The van der Waals surface area contributed by atoms with Gasteiger partial charge in [0.15, 0.2) is 0 Å². The Balaban J connectivity index is 1.98. The van der Waals surface area contributed by atoms with Gasteiger partial charge in [0.1, 0.15) is 0 Å². The second kappa shape index (κ2) is 7.03. The standard InChI is InChI=1S/C14H19N3O4/c1-2-16(9-11-6-7-21-10-11)14(18)15-12-4-3-5-13(8-12)17(19)20/h3-5,8,11H,2,6-7,9-10H2,1H3,(H,15,18)/t11-/m0/s1. The molecule has 0 saturated carbocycles. The van der Waals surface area contributed by atoms with Gasteiger partial charge < -0.3 is 15.0 Å². The Bertz CT molecular complexity index is 515. The van der Waals surface area contributed by atoms with Crippen molar-refractivity contribution >= 4 is 17.4 Å². The molecule has 114 valence electrons. The number of hydrogen-bond acceptors (Lipinski definition) is 4. The van der Waals surface area contributed by atoms with Crippen LogP contribution in [0.4, 0.5) is 16.2 Å². The van der Waals surface area contributed by atoms with Crippen LogP contribution in [0.15, 0.2) is 24.3 Å². The lowest BCUT2D eigenvalue weighted by Gasteiger charge is -2.24. The van der Waals surface area contributed by atoms with Gasteiger partial charge in [-0.1, -0.05) is 6.07 Å². The second-order valence-corrected chi connectivity index (χ2v) is 5.01. The number of urea groups is 1. The minimum Gasteiger partial charge on any atom is -0.381 e. The Kier molecular flexibility index (Phi) is 5.10. The predicted octanol–water partition coefficient (Wildman–Crippen LogP) is 2.49. The first-order valence-corrected chi connectivity index (χ1v) is 6.98. The second-order valence-electron chi connectivity index (χ2n) is 5.01. The number of amides is 2. The van der Waals surface area contributed by atoms with Crippen LogP contribution in [-0.2, 0) is 4.74 Å². The monoisotopic (exact) mass is 293 g/mol. The van der Waals surface area contributed by atoms with E-state index in [4.69, 9.17) is 4.74 Å². The highest BCUT2D eigenvalue weighted by Crippen LogP contribution is 2.18. The third-order valence-electron chi connectivity index (χ3n) is 3.48. The highest BCUT2D eigenvalue weighted by Gasteiger charge is 2.21. The maximum absolute atomic E-state index is 12.2. The molecule has 1 fully saturated rings. The molecule has 2 amide bonds. The number of carbonyl (C=O) groups is 1. The zero-order valence-corrected chi connectivity index (χ0v) is 11.9. The number of nitro groups is 1. The number of benzene rings is 1. The number of ether oxygens (including phenoxy) is 1. The van der Waals surface area contributed by atoms with E-state index in [1.807, 2.05) is 6.92 Å². The van der Waals surface area contributed by atoms with Gasteiger partial charge >= 0.3 is 6.03 Å². The van der Waals surface area contributed by atoms with Gasteiger partial charge in [-0.3, -0.25) is 10.1 Å². The van der Waals surface area contributed by atoms with Crippen molar-refractivity contribution in [1.82, 2.24) is 4.90 Å². The zero-order chi connectivity index (χ0) is 15.2. The molecule has 21 heavy (non-hydrogen) atoms. The van der Waals surface area contributed by atoms with Gasteiger partial charge in [0.25, 0.3) is 5.69 Å². The number of rotatable bonds is 5. The molecule has 1 aliphatic heterocycles. The fourth-order valence-corrected chi connectivity index (χ4v) is 2.29. The quantitative estimate of drug-likeness (QED) is 0.667. The SMILES string of the molecule is CCN(C[C@@H]1CCOC1)C(=O)Nc1cccc([N+](=O)[O-])c1. The van der Waals surface area contributed by atoms with Crippen molar-refractivity contribution in [2.75, 3.05) is 31.6 Å². The topological polar surface area (TPSA) is 84.7 Å². The van der Waals surface area contributed by atoms with Gasteiger partial charge in [0.2, 0.25) is 0 Å². The normalized spacial score (nSPS) is 17.5. The molecule has 0 aliphatic carbocycles. The fraction of sp³-hybridized carbons (Fsp3) is 0.500. The van der Waals surface area contributed by atoms with Crippen LogP contribution in [0.5, 0.6) is 0 Å². The van der Waals surface area contributed by atoms with Crippen molar-refractivity contribution in [2.45, 2.75) is 13.3 Å². The summed E-state index contributed by atoms with van der Waals surface area (Å²) in [4.78, 5) is 24.2. The molecule has 1 atom stereocenters. The Morgan fingerprint density at radius 1 is 1.57 bits per heavy atom. The van der Waals surface area contributed by atoms with E-state index >= 15 is 0 Å². The van der Waals surface area contributed by atoms with E-state index in [1.165, 1.54) is 12.1 Å². The Morgan fingerprint density at radius 2 is 2.38 bits per heavy atom.